The summed E-state index contributed by atoms with van der Waals surface area (Å²) in [6, 6.07) is 5.92. The summed E-state index contributed by atoms with van der Waals surface area (Å²) in [5, 5.41) is 3.09. The predicted octanol–water partition coefficient (Wildman–Crippen LogP) is 2.94. The lowest BCUT2D eigenvalue weighted by atomic mass is 10.2. The molecule has 1 aromatic heterocycles. The van der Waals surface area contributed by atoms with Crippen LogP contribution in [0.4, 0.5) is 21.8 Å². The molecule has 1 aliphatic heterocycles. The highest BCUT2D eigenvalue weighted by molar-refractivity contribution is 7.91. The fourth-order valence-corrected chi connectivity index (χ4v) is 4.70. The molecule has 0 spiro atoms. The van der Waals surface area contributed by atoms with Gasteiger partial charge in [0.1, 0.15) is 11.6 Å². The van der Waals surface area contributed by atoms with Gasteiger partial charge >= 0.3 is 0 Å². The summed E-state index contributed by atoms with van der Waals surface area (Å²) >= 11 is 5.79. The molecule has 1 atom stereocenters. The molecular weight excluding hydrogens is 367 g/mol. The molecular formula is C16H18ClFN4O2S. The van der Waals surface area contributed by atoms with E-state index in [1.807, 2.05) is 6.92 Å². The molecule has 0 saturated carbocycles. The Labute approximate surface area is 151 Å². The van der Waals surface area contributed by atoms with Gasteiger partial charge in [0.15, 0.2) is 9.84 Å². The minimum absolute atomic E-state index is 0.0179. The van der Waals surface area contributed by atoms with E-state index >= 15 is 0 Å². The van der Waals surface area contributed by atoms with Gasteiger partial charge < -0.3 is 10.2 Å². The molecule has 25 heavy (non-hydrogen) atoms. The molecule has 1 saturated heterocycles. The number of rotatable bonds is 4. The standard InChI is InChI=1S/C16H18ClFN4O2S/c1-10-7-15(20-11-3-4-14(18)13(17)8-11)21-16(19-10)22(2)12-5-6-25(23,24)9-12/h3-4,7-8,12H,5-6,9H2,1-2H3,(H,19,20,21). The molecule has 1 unspecified atom stereocenters. The molecule has 1 N–H and O–H groups in total. The number of benzene rings is 1. The largest absolute Gasteiger partial charge is 0.340 e. The van der Waals surface area contributed by atoms with Gasteiger partial charge in [0.2, 0.25) is 5.95 Å². The average molecular weight is 385 g/mol. The van der Waals surface area contributed by atoms with Gasteiger partial charge in [-0.1, -0.05) is 11.6 Å². The van der Waals surface area contributed by atoms with Crippen molar-refractivity contribution in [3.63, 3.8) is 0 Å². The van der Waals surface area contributed by atoms with Crippen molar-refractivity contribution in [1.82, 2.24) is 9.97 Å². The van der Waals surface area contributed by atoms with Gasteiger partial charge in [-0.15, -0.1) is 0 Å². The molecule has 1 fully saturated rings. The SMILES string of the molecule is Cc1cc(Nc2ccc(F)c(Cl)c2)nc(N(C)C2CCS(=O)(=O)C2)n1. The van der Waals surface area contributed by atoms with Crippen LogP contribution in [-0.4, -0.2) is 43.0 Å². The lowest BCUT2D eigenvalue weighted by Gasteiger charge is -2.24. The zero-order valence-corrected chi connectivity index (χ0v) is 15.4. The smallest absolute Gasteiger partial charge is 0.227 e. The minimum Gasteiger partial charge on any atom is -0.340 e. The third-order valence-electron chi connectivity index (χ3n) is 4.11. The predicted molar refractivity (Wildman–Crippen MR) is 96.9 cm³/mol. The number of aromatic nitrogens is 2. The Balaban J connectivity index is 1.84. The highest BCUT2D eigenvalue weighted by Crippen LogP contribution is 2.25. The molecule has 134 valence electrons. The molecule has 0 bridgehead atoms. The van der Waals surface area contributed by atoms with Crippen LogP contribution in [0.25, 0.3) is 0 Å². The van der Waals surface area contributed by atoms with Crippen LogP contribution in [0.2, 0.25) is 5.02 Å². The zero-order valence-electron chi connectivity index (χ0n) is 13.8. The van der Waals surface area contributed by atoms with Crippen LogP contribution in [0.3, 0.4) is 0 Å². The normalized spacial score (nSPS) is 19.0. The summed E-state index contributed by atoms with van der Waals surface area (Å²) in [6.45, 7) is 1.83. The van der Waals surface area contributed by atoms with E-state index in [4.69, 9.17) is 11.6 Å². The molecule has 0 amide bonds. The molecule has 2 heterocycles. The number of nitrogens with zero attached hydrogens (tertiary/aromatic N) is 3. The first-order valence-corrected chi connectivity index (χ1v) is 9.94. The summed E-state index contributed by atoms with van der Waals surface area (Å²) < 4.78 is 36.6. The van der Waals surface area contributed by atoms with Crippen LogP contribution in [0.5, 0.6) is 0 Å². The fourth-order valence-electron chi connectivity index (χ4n) is 2.74. The second-order valence-electron chi connectivity index (χ2n) is 6.12. The molecule has 6 nitrogen and oxygen atoms in total. The molecule has 9 heteroatoms. The molecule has 1 aliphatic rings. The zero-order chi connectivity index (χ0) is 18.2. The maximum atomic E-state index is 13.3. The highest BCUT2D eigenvalue weighted by atomic mass is 35.5. The summed E-state index contributed by atoms with van der Waals surface area (Å²) in [5.41, 5.74) is 1.33. The molecule has 0 radical (unpaired) electrons. The van der Waals surface area contributed by atoms with Crippen molar-refractivity contribution >= 4 is 38.9 Å². The van der Waals surface area contributed by atoms with Crippen molar-refractivity contribution in [2.75, 3.05) is 28.8 Å². The van der Waals surface area contributed by atoms with Crippen molar-refractivity contribution in [1.29, 1.82) is 0 Å². The molecule has 1 aromatic carbocycles. The maximum Gasteiger partial charge on any atom is 0.227 e. The van der Waals surface area contributed by atoms with Crippen LogP contribution in [0.15, 0.2) is 24.3 Å². The van der Waals surface area contributed by atoms with Crippen LogP contribution in [-0.2, 0) is 9.84 Å². The van der Waals surface area contributed by atoms with Gasteiger partial charge in [-0.2, -0.15) is 4.98 Å². The Morgan fingerprint density at radius 2 is 2.08 bits per heavy atom. The number of aryl methyl sites for hydroxylation is 1. The van der Waals surface area contributed by atoms with Crippen LogP contribution in [0.1, 0.15) is 12.1 Å². The van der Waals surface area contributed by atoms with Gasteiger partial charge in [0.25, 0.3) is 0 Å². The van der Waals surface area contributed by atoms with E-state index in [1.165, 1.54) is 12.1 Å². The number of anilines is 3. The second kappa shape index (κ2) is 6.76. The molecule has 3 rings (SSSR count). The summed E-state index contributed by atoms with van der Waals surface area (Å²) in [7, 11) is -1.20. The molecule has 0 aliphatic carbocycles. The summed E-state index contributed by atoms with van der Waals surface area (Å²) in [5.74, 6) is 0.772. The van der Waals surface area contributed by atoms with Crippen molar-refractivity contribution < 1.29 is 12.8 Å². The Morgan fingerprint density at radius 1 is 1.32 bits per heavy atom. The molecule has 2 aromatic rings. The Hall–Kier alpha value is -1.93. The van der Waals surface area contributed by atoms with E-state index in [-0.39, 0.29) is 22.6 Å². The van der Waals surface area contributed by atoms with Gasteiger partial charge in [0, 0.05) is 30.5 Å². The summed E-state index contributed by atoms with van der Waals surface area (Å²) in [4.78, 5) is 10.6. The minimum atomic E-state index is -2.99. The second-order valence-corrected chi connectivity index (χ2v) is 8.75. The quantitative estimate of drug-likeness (QED) is 0.873. The highest BCUT2D eigenvalue weighted by Gasteiger charge is 2.31. The Kier molecular flexibility index (Phi) is 4.83. The van der Waals surface area contributed by atoms with Gasteiger partial charge in [0.05, 0.1) is 16.5 Å². The van der Waals surface area contributed by atoms with E-state index in [0.717, 1.165) is 5.69 Å². The average Bonchev–Trinajstić information content (AvgIpc) is 2.90. The number of sulfone groups is 1. The van der Waals surface area contributed by atoms with Crippen molar-refractivity contribution in [3.8, 4) is 0 Å². The lowest BCUT2D eigenvalue weighted by Crippen LogP contribution is -2.34. The lowest BCUT2D eigenvalue weighted by molar-refractivity contribution is 0.600. The Morgan fingerprint density at radius 3 is 2.72 bits per heavy atom. The van der Waals surface area contributed by atoms with E-state index in [9.17, 15) is 12.8 Å². The van der Waals surface area contributed by atoms with Crippen molar-refractivity contribution in [2.45, 2.75) is 19.4 Å². The number of halogens is 2. The van der Waals surface area contributed by atoms with Crippen LogP contribution >= 0.6 is 11.6 Å². The van der Waals surface area contributed by atoms with Gasteiger partial charge in [-0.05, 0) is 31.5 Å². The summed E-state index contributed by atoms with van der Waals surface area (Å²) in [6.07, 6.45) is 0.562. The monoisotopic (exact) mass is 384 g/mol. The number of hydrogen-bond donors (Lipinski definition) is 1. The van der Waals surface area contributed by atoms with Gasteiger partial charge in [-0.25, -0.2) is 17.8 Å². The third kappa shape index (κ3) is 4.19. The van der Waals surface area contributed by atoms with Gasteiger partial charge in [-0.3, -0.25) is 0 Å². The Bertz CT molecular complexity index is 907. The van der Waals surface area contributed by atoms with Crippen LogP contribution < -0.4 is 10.2 Å². The van der Waals surface area contributed by atoms with E-state index in [0.29, 0.717) is 23.9 Å². The third-order valence-corrected chi connectivity index (χ3v) is 6.15. The van der Waals surface area contributed by atoms with E-state index < -0.39 is 15.7 Å². The van der Waals surface area contributed by atoms with E-state index in [2.05, 4.69) is 15.3 Å². The number of nitrogens with one attached hydrogen (secondary N) is 1. The van der Waals surface area contributed by atoms with Crippen LogP contribution in [0, 0.1) is 12.7 Å². The maximum absolute atomic E-state index is 13.3. The topological polar surface area (TPSA) is 75.2 Å². The fraction of sp³-hybridized carbons (Fsp3) is 0.375. The number of hydrogen-bond acceptors (Lipinski definition) is 6. The first kappa shape index (κ1) is 17.9. The first-order chi connectivity index (χ1) is 11.7. The van der Waals surface area contributed by atoms with Crippen molar-refractivity contribution in [3.05, 3.63) is 40.8 Å². The van der Waals surface area contributed by atoms with E-state index in [1.54, 1.807) is 24.1 Å². The first-order valence-electron chi connectivity index (χ1n) is 7.74. The van der Waals surface area contributed by atoms with Crippen molar-refractivity contribution in [2.24, 2.45) is 0 Å².